The molecule has 1 aromatic heterocycles. The molecule has 0 aliphatic carbocycles. The molecule has 0 fully saturated rings. The maximum absolute atomic E-state index is 13.2. The fraction of sp³-hybridized carbons (Fsp3) is 0.208. The van der Waals surface area contributed by atoms with E-state index in [-0.39, 0.29) is 11.6 Å². The molecule has 5 rings (SSSR count). The number of para-hydroxylation sites is 1. The largest absolute Gasteiger partial charge is 0.456 e. The topological polar surface area (TPSA) is 113 Å². The smallest absolute Gasteiger partial charge is 0.280 e. The van der Waals surface area contributed by atoms with Gasteiger partial charge in [0.05, 0.1) is 15.8 Å². The third-order valence-electron chi connectivity index (χ3n) is 5.55. The van der Waals surface area contributed by atoms with Gasteiger partial charge < -0.3 is 4.42 Å². The van der Waals surface area contributed by atoms with Crippen LogP contribution in [0.2, 0.25) is 0 Å². The predicted octanol–water partition coefficient (Wildman–Crippen LogP) is 4.29. The molecule has 3 aromatic rings. The number of hydrazone groups is 1. The SMILES string of the molecule is CCCCSC1=NN2C(=c3cc(Br)ccc3=N[C@@H]2c2ccc(-c3ccccc3[N+](=O)[O-])o2)C(=O)N1. The Kier molecular flexibility index (Phi) is 6.44. The number of furan rings is 1. The van der Waals surface area contributed by atoms with Crippen molar-refractivity contribution in [3.05, 3.63) is 85.5 Å². The Balaban J connectivity index is 1.62. The summed E-state index contributed by atoms with van der Waals surface area (Å²) in [5.74, 6) is 1.31. The first-order chi connectivity index (χ1) is 17.0. The highest BCUT2D eigenvalue weighted by Gasteiger charge is 2.36. The first kappa shape index (κ1) is 23.3. The number of hydrogen-bond acceptors (Lipinski definition) is 8. The third kappa shape index (κ3) is 4.48. The van der Waals surface area contributed by atoms with Crippen molar-refractivity contribution in [1.82, 2.24) is 10.3 Å². The van der Waals surface area contributed by atoms with Gasteiger partial charge in [0.25, 0.3) is 11.6 Å². The maximum atomic E-state index is 13.2. The molecule has 178 valence electrons. The quantitative estimate of drug-likeness (QED) is 0.276. The van der Waals surface area contributed by atoms with Gasteiger partial charge >= 0.3 is 0 Å². The van der Waals surface area contributed by atoms with Gasteiger partial charge in [-0.05, 0) is 42.8 Å². The van der Waals surface area contributed by atoms with Crippen molar-refractivity contribution in [1.29, 1.82) is 0 Å². The standard InChI is InChI=1S/C24H20BrN5O4S/c1-2-3-12-35-24-27-23(31)21-16-13-14(25)8-9-17(16)26-22(29(21)28-24)20-11-10-19(34-20)15-6-4-5-7-18(15)30(32)33/h4-11,13,22H,2-3,12H2,1H3,(H,27,28,31)/t22-/m0/s1. The first-order valence-electron chi connectivity index (χ1n) is 11.0. The number of amidine groups is 1. The number of hydrogen-bond donors (Lipinski definition) is 1. The molecule has 3 heterocycles. The Morgan fingerprint density at radius 1 is 1.23 bits per heavy atom. The second-order valence-corrected chi connectivity index (χ2v) is 9.89. The van der Waals surface area contributed by atoms with Crippen LogP contribution in [0.15, 0.2) is 73.6 Å². The number of nitro benzene ring substituents is 1. The Morgan fingerprint density at radius 2 is 2.06 bits per heavy atom. The molecule has 2 aromatic carbocycles. The number of carbonyl (C=O) groups is 1. The summed E-state index contributed by atoms with van der Waals surface area (Å²) in [7, 11) is 0. The number of halogens is 1. The average Bonchev–Trinajstić information content (AvgIpc) is 3.33. The van der Waals surface area contributed by atoms with E-state index in [1.165, 1.54) is 17.8 Å². The molecular formula is C24H20BrN5O4S. The minimum atomic E-state index is -0.747. The van der Waals surface area contributed by atoms with Crippen LogP contribution in [-0.4, -0.2) is 26.8 Å². The molecule has 0 unspecified atom stereocenters. The zero-order chi connectivity index (χ0) is 24.5. The Hall–Kier alpha value is -3.44. The molecule has 0 saturated carbocycles. The molecule has 11 heteroatoms. The summed E-state index contributed by atoms with van der Waals surface area (Å²) in [6.07, 6.45) is 1.29. The summed E-state index contributed by atoms with van der Waals surface area (Å²) < 4.78 is 6.90. The van der Waals surface area contributed by atoms with E-state index in [2.05, 4.69) is 28.2 Å². The van der Waals surface area contributed by atoms with Crippen molar-refractivity contribution in [3.8, 4) is 11.3 Å². The van der Waals surface area contributed by atoms with Crippen LogP contribution in [0.3, 0.4) is 0 Å². The number of unbranched alkanes of at least 4 members (excludes halogenated alkanes) is 1. The Bertz CT molecular complexity index is 1490. The molecule has 1 N–H and O–H groups in total. The number of thioether (sulfide) groups is 1. The fourth-order valence-electron chi connectivity index (χ4n) is 3.89. The highest BCUT2D eigenvalue weighted by atomic mass is 79.9. The summed E-state index contributed by atoms with van der Waals surface area (Å²) in [5, 5.41) is 22.4. The monoisotopic (exact) mass is 553 g/mol. The highest BCUT2D eigenvalue weighted by molar-refractivity contribution is 9.10. The van der Waals surface area contributed by atoms with Crippen LogP contribution in [0.1, 0.15) is 31.7 Å². The maximum Gasteiger partial charge on any atom is 0.280 e. The molecule has 9 nitrogen and oxygen atoms in total. The Morgan fingerprint density at radius 3 is 2.86 bits per heavy atom. The number of nitro groups is 1. The Labute approximate surface area is 212 Å². The molecule has 2 aliphatic rings. The molecule has 2 aliphatic heterocycles. The van der Waals surface area contributed by atoms with E-state index in [9.17, 15) is 14.9 Å². The van der Waals surface area contributed by atoms with Crippen LogP contribution in [0.4, 0.5) is 5.69 Å². The number of carbonyl (C=O) groups excluding carboxylic acids is 1. The van der Waals surface area contributed by atoms with Crippen molar-refractivity contribution in [2.45, 2.75) is 25.9 Å². The van der Waals surface area contributed by atoms with Crippen molar-refractivity contribution in [2.75, 3.05) is 5.75 Å². The van der Waals surface area contributed by atoms with E-state index in [1.807, 2.05) is 18.2 Å². The van der Waals surface area contributed by atoms with Crippen LogP contribution in [0, 0.1) is 10.1 Å². The number of nitrogens with one attached hydrogen (secondary N) is 1. The molecule has 0 saturated heterocycles. The van der Waals surface area contributed by atoms with Crippen LogP contribution in [-0.2, 0) is 4.79 Å². The molecule has 35 heavy (non-hydrogen) atoms. The van der Waals surface area contributed by atoms with Crippen molar-refractivity contribution in [2.24, 2.45) is 10.1 Å². The van der Waals surface area contributed by atoms with Gasteiger partial charge in [0, 0.05) is 21.5 Å². The second-order valence-electron chi connectivity index (χ2n) is 7.89. The average molecular weight is 554 g/mol. The van der Waals surface area contributed by atoms with Crippen molar-refractivity contribution in [3.63, 3.8) is 0 Å². The summed E-state index contributed by atoms with van der Waals surface area (Å²) >= 11 is 4.95. The van der Waals surface area contributed by atoms with Gasteiger partial charge in [0.15, 0.2) is 10.9 Å². The molecule has 1 amide bonds. The number of nitrogens with zero attached hydrogens (tertiary/aromatic N) is 4. The summed E-state index contributed by atoms with van der Waals surface area (Å²) in [6.45, 7) is 2.10. The third-order valence-corrected chi connectivity index (χ3v) is 7.00. The lowest BCUT2D eigenvalue weighted by molar-refractivity contribution is -0.384. The van der Waals surface area contributed by atoms with E-state index in [4.69, 9.17) is 14.5 Å². The lowest BCUT2D eigenvalue weighted by atomic mass is 10.1. The minimum Gasteiger partial charge on any atom is -0.456 e. The van der Waals surface area contributed by atoms with E-state index in [0.717, 1.165) is 23.1 Å². The van der Waals surface area contributed by atoms with Crippen LogP contribution >= 0.6 is 27.7 Å². The second kappa shape index (κ2) is 9.67. The molecule has 0 bridgehead atoms. The first-order valence-corrected chi connectivity index (χ1v) is 12.8. The van der Waals surface area contributed by atoms with Gasteiger partial charge in [-0.2, -0.15) is 0 Å². The van der Waals surface area contributed by atoms with Gasteiger partial charge in [-0.25, -0.2) is 10.0 Å². The highest BCUT2D eigenvalue weighted by Crippen LogP contribution is 2.36. The molecule has 0 spiro atoms. The molecule has 1 atom stereocenters. The lowest BCUT2D eigenvalue weighted by Gasteiger charge is -2.32. The normalized spacial score (nSPS) is 16.7. The molecular weight excluding hydrogens is 534 g/mol. The van der Waals surface area contributed by atoms with E-state index in [0.29, 0.717) is 38.5 Å². The van der Waals surface area contributed by atoms with Crippen LogP contribution < -0.4 is 15.9 Å². The zero-order valence-corrected chi connectivity index (χ0v) is 21.0. The van der Waals surface area contributed by atoms with Gasteiger partial charge in [-0.3, -0.25) is 20.2 Å². The number of rotatable bonds is 6. The van der Waals surface area contributed by atoms with E-state index >= 15 is 0 Å². The van der Waals surface area contributed by atoms with Gasteiger partial charge in [0.1, 0.15) is 11.5 Å². The fourth-order valence-corrected chi connectivity index (χ4v) is 5.19. The lowest BCUT2D eigenvalue weighted by Crippen LogP contribution is -2.50. The van der Waals surface area contributed by atoms with Gasteiger partial charge in [-0.15, -0.1) is 5.10 Å². The van der Waals surface area contributed by atoms with E-state index < -0.39 is 11.1 Å². The van der Waals surface area contributed by atoms with Crippen LogP contribution in [0.5, 0.6) is 0 Å². The van der Waals surface area contributed by atoms with Gasteiger partial charge in [0.2, 0.25) is 6.17 Å². The number of fused-ring (bicyclic) bond motifs is 2. The summed E-state index contributed by atoms with van der Waals surface area (Å²) in [4.78, 5) is 29.1. The van der Waals surface area contributed by atoms with Crippen LogP contribution in [0.25, 0.3) is 17.0 Å². The van der Waals surface area contributed by atoms with E-state index in [1.54, 1.807) is 35.3 Å². The zero-order valence-electron chi connectivity index (χ0n) is 18.6. The minimum absolute atomic E-state index is 0.0542. The van der Waals surface area contributed by atoms with Crippen molar-refractivity contribution < 1.29 is 14.1 Å². The summed E-state index contributed by atoms with van der Waals surface area (Å²) in [5.41, 5.74) is 0.676. The van der Waals surface area contributed by atoms with Gasteiger partial charge in [-0.1, -0.05) is 53.2 Å². The summed E-state index contributed by atoms with van der Waals surface area (Å²) in [6, 6.07) is 15.3. The number of amides is 1. The van der Waals surface area contributed by atoms with Crippen molar-refractivity contribution >= 4 is 50.2 Å². The molecule has 0 radical (unpaired) electrons. The predicted molar refractivity (Wildman–Crippen MR) is 137 cm³/mol. The number of benzene rings is 2.